The molecule has 3 N–H and O–H groups in total. The molecule has 0 spiro atoms. The first kappa shape index (κ1) is 29.0. The van der Waals surface area contributed by atoms with Gasteiger partial charge >= 0.3 is 5.97 Å². The lowest BCUT2D eigenvalue weighted by Gasteiger charge is -2.15. The van der Waals surface area contributed by atoms with E-state index in [9.17, 15) is 4.79 Å². The molecule has 0 aromatic carbocycles. The van der Waals surface area contributed by atoms with E-state index in [0.29, 0.717) is 5.75 Å². The molecule has 0 bridgehead atoms. The second kappa shape index (κ2) is 17.7. The number of thioether (sulfide) groups is 1. The lowest BCUT2D eigenvalue weighted by molar-refractivity contribution is -0.138. The molecule has 176 valence electrons. The Balaban J connectivity index is 3.84. The minimum atomic E-state index is -0.895. The van der Waals surface area contributed by atoms with Crippen LogP contribution in [0.3, 0.4) is 0 Å². The Hall–Kier alpha value is -0.970. The molecule has 0 heterocycles. The number of hydrogen-bond acceptors (Lipinski definition) is 3. The van der Waals surface area contributed by atoms with Crippen LogP contribution < -0.4 is 5.32 Å². The van der Waals surface area contributed by atoms with Crippen molar-refractivity contribution in [3.05, 3.63) is 11.6 Å². The van der Waals surface area contributed by atoms with Gasteiger partial charge in [0.2, 0.25) is 0 Å². The Bertz CT molecular complexity index is 505. The number of aliphatic carboxylic acids is 1. The molecule has 5 heteroatoms. The number of rotatable bonds is 18. The van der Waals surface area contributed by atoms with Crippen molar-refractivity contribution in [3.8, 4) is 0 Å². The van der Waals surface area contributed by atoms with Crippen LogP contribution in [0.15, 0.2) is 11.6 Å². The maximum atomic E-state index is 11.2. The van der Waals surface area contributed by atoms with Crippen LogP contribution in [0, 0.1) is 23.2 Å². The van der Waals surface area contributed by atoms with Gasteiger partial charge in [-0.05, 0) is 44.4 Å². The fraction of sp³-hybridized carbons (Fsp3) is 0.840. The van der Waals surface area contributed by atoms with Crippen molar-refractivity contribution in [1.29, 1.82) is 5.41 Å². The van der Waals surface area contributed by atoms with Gasteiger partial charge in [0.05, 0.1) is 5.84 Å². The molecule has 3 unspecified atom stereocenters. The summed E-state index contributed by atoms with van der Waals surface area (Å²) in [6.07, 6.45) is 14.1. The summed E-state index contributed by atoms with van der Waals surface area (Å²) < 4.78 is 0. The monoisotopic (exact) mass is 440 g/mol. The number of hydrogen-bond donors (Lipinski definition) is 3. The van der Waals surface area contributed by atoms with E-state index in [-0.39, 0.29) is 5.84 Å². The van der Waals surface area contributed by atoms with Gasteiger partial charge in [-0.15, -0.1) is 0 Å². The van der Waals surface area contributed by atoms with Crippen LogP contribution in [0.5, 0.6) is 0 Å². The van der Waals surface area contributed by atoms with E-state index in [1.165, 1.54) is 56.9 Å². The summed E-state index contributed by atoms with van der Waals surface area (Å²) in [7, 11) is 0. The van der Waals surface area contributed by atoms with E-state index in [1.807, 2.05) is 0 Å². The largest absolute Gasteiger partial charge is 0.480 e. The Morgan fingerprint density at radius 2 is 1.50 bits per heavy atom. The van der Waals surface area contributed by atoms with Crippen LogP contribution in [-0.2, 0) is 4.79 Å². The van der Waals surface area contributed by atoms with Gasteiger partial charge in [0, 0.05) is 11.5 Å². The van der Waals surface area contributed by atoms with E-state index in [1.54, 1.807) is 18.7 Å². The minimum Gasteiger partial charge on any atom is -0.480 e. The first-order valence-corrected chi connectivity index (χ1v) is 13.0. The SMILES string of the molecule is CC(=N)NC(CSCC=C(C)CCCC(C)CCCC(C)CCCC(C)C)C(=O)O. The second-order valence-corrected chi connectivity index (χ2v) is 10.7. The van der Waals surface area contributed by atoms with Gasteiger partial charge in [-0.1, -0.05) is 84.3 Å². The number of carboxylic acid groups (broad SMARTS) is 1. The van der Waals surface area contributed by atoms with Gasteiger partial charge in [-0.2, -0.15) is 11.8 Å². The number of carbonyl (C=O) groups is 1. The van der Waals surface area contributed by atoms with Crippen molar-refractivity contribution >= 4 is 23.6 Å². The summed E-state index contributed by atoms with van der Waals surface area (Å²) in [6.45, 7) is 13.2. The Morgan fingerprint density at radius 3 is 2.00 bits per heavy atom. The van der Waals surface area contributed by atoms with Crippen molar-refractivity contribution in [2.24, 2.45) is 17.8 Å². The molecule has 0 saturated heterocycles. The summed E-state index contributed by atoms with van der Waals surface area (Å²) in [5.41, 5.74) is 1.40. The van der Waals surface area contributed by atoms with Crippen LogP contribution in [0.2, 0.25) is 0 Å². The summed E-state index contributed by atoms with van der Waals surface area (Å²) in [5.74, 6) is 3.13. The average molecular weight is 441 g/mol. The number of amidine groups is 1. The first-order chi connectivity index (χ1) is 14.1. The lowest BCUT2D eigenvalue weighted by Crippen LogP contribution is -2.41. The van der Waals surface area contributed by atoms with Crippen molar-refractivity contribution in [3.63, 3.8) is 0 Å². The molecule has 3 atom stereocenters. The Labute approximate surface area is 190 Å². The van der Waals surface area contributed by atoms with Crippen molar-refractivity contribution in [2.75, 3.05) is 11.5 Å². The molecule has 30 heavy (non-hydrogen) atoms. The number of nitrogens with one attached hydrogen (secondary N) is 2. The molecule has 0 rings (SSSR count). The highest BCUT2D eigenvalue weighted by Gasteiger charge is 2.16. The predicted molar refractivity (Wildman–Crippen MR) is 134 cm³/mol. The van der Waals surface area contributed by atoms with Gasteiger partial charge in [-0.25, -0.2) is 4.79 Å². The molecule has 4 nitrogen and oxygen atoms in total. The number of carboxylic acids is 1. The maximum Gasteiger partial charge on any atom is 0.327 e. The standard InChI is InChI=1S/C25H48N2O2S/c1-19(2)10-7-11-20(3)12-8-13-21(4)14-9-15-22(5)16-17-30-18-24(25(28)29)27-23(6)26/h16,19-21,24H,7-15,17-18H2,1-6H3,(H2,26,27)(H,28,29). The smallest absolute Gasteiger partial charge is 0.327 e. The topological polar surface area (TPSA) is 73.2 Å². The van der Waals surface area contributed by atoms with E-state index in [4.69, 9.17) is 10.5 Å². The molecule has 0 aromatic rings. The molecule has 0 fully saturated rings. The van der Waals surface area contributed by atoms with Crippen LogP contribution in [-0.4, -0.2) is 34.5 Å². The highest BCUT2D eigenvalue weighted by Crippen LogP contribution is 2.22. The Kier molecular flexibility index (Phi) is 17.1. The summed E-state index contributed by atoms with van der Waals surface area (Å²) in [4.78, 5) is 11.2. The highest BCUT2D eigenvalue weighted by atomic mass is 32.2. The molecular weight excluding hydrogens is 392 g/mol. The van der Waals surface area contributed by atoms with Crippen LogP contribution >= 0.6 is 11.8 Å². The zero-order valence-electron chi connectivity index (χ0n) is 20.4. The van der Waals surface area contributed by atoms with Gasteiger partial charge in [-0.3, -0.25) is 5.41 Å². The quantitative estimate of drug-likeness (QED) is 0.0916. The van der Waals surface area contributed by atoms with Crippen LogP contribution in [0.4, 0.5) is 0 Å². The van der Waals surface area contributed by atoms with Crippen LogP contribution in [0.25, 0.3) is 0 Å². The van der Waals surface area contributed by atoms with Gasteiger partial charge in [0.1, 0.15) is 6.04 Å². The minimum absolute atomic E-state index is 0.199. The van der Waals surface area contributed by atoms with Gasteiger partial charge in [0.25, 0.3) is 0 Å². The fourth-order valence-corrected chi connectivity index (χ4v) is 4.63. The molecule has 0 amide bonds. The normalized spacial score (nSPS) is 15.1. The molecule has 0 aliphatic heterocycles. The van der Waals surface area contributed by atoms with Crippen molar-refractivity contribution < 1.29 is 9.90 Å². The molecule has 0 aliphatic rings. The molecule has 0 aromatic heterocycles. The van der Waals surface area contributed by atoms with Crippen molar-refractivity contribution in [1.82, 2.24) is 5.32 Å². The third-order valence-corrected chi connectivity index (χ3v) is 6.63. The fourth-order valence-electron chi connectivity index (χ4n) is 3.63. The van der Waals surface area contributed by atoms with Gasteiger partial charge in [0.15, 0.2) is 0 Å². The summed E-state index contributed by atoms with van der Waals surface area (Å²) in [5, 5.41) is 19.2. The Morgan fingerprint density at radius 1 is 0.967 bits per heavy atom. The van der Waals surface area contributed by atoms with E-state index in [2.05, 4.69) is 46.0 Å². The van der Waals surface area contributed by atoms with E-state index >= 15 is 0 Å². The molecular formula is C25H48N2O2S. The predicted octanol–water partition coefficient (Wildman–Crippen LogP) is 7.14. The lowest BCUT2D eigenvalue weighted by atomic mass is 9.91. The summed E-state index contributed by atoms with van der Waals surface area (Å²) in [6, 6.07) is -0.681. The second-order valence-electron chi connectivity index (χ2n) is 9.61. The highest BCUT2D eigenvalue weighted by molar-refractivity contribution is 7.99. The maximum absolute atomic E-state index is 11.2. The first-order valence-electron chi connectivity index (χ1n) is 11.9. The average Bonchev–Trinajstić information content (AvgIpc) is 2.63. The third kappa shape index (κ3) is 17.9. The molecule has 0 saturated carbocycles. The van der Waals surface area contributed by atoms with E-state index in [0.717, 1.165) is 29.9 Å². The summed E-state index contributed by atoms with van der Waals surface area (Å²) >= 11 is 1.60. The van der Waals surface area contributed by atoms with Crippen molar-refractivity contribution in [2.45, 2.75) is 105 Å². The van der Waals surface area contributed by atoms with E-state index < -0.39 is 12.0 Å². The zero-order valence-corrected chi connectivity index (χ0v) is 21.2. The molecule has 0 aliphatic carbocycles. The third-order valence-electron chi connectivity index (χ3n) is 5.66. The molecule has 0 radical (unpaired) electrons. The zero-order chi connectivity index (χ0) is 22.9. The van der Waals surface area contributed by atoms with Gasteiger partial charge < -0.3 is 10.4 Å². The number of allylic oxidation sites excluding steroid dienone is 1. The van der Waals surface area contributed by atoms with Crippen LogP contribution in [0.1, 0.15) is 99.3 Å².